The molecule has 1 heterocycles. The second-order valence-corrected chi connectivity index (χ2v) is 4.56. The van der Waals surface area contributed by atoms with Crippen molar-refractivity contribution >= 4 is 11.0 Å². The van der Waals surface area contributed by atoms with Gasteiger partial charge < -0.3 is 10.7 Å². The van der Waals surface area contributed by atoms with E-state index in [-0.39, 0.29) is 0 Å². The van der Waals surface area contributed by atoms with Crippen LogP contribution in [0.25, 0.3) is 11.0 Å². The van der Waals surface area contributed by atoms with E-state index in [1.54, 1.807) is 0 Å². The third kappa shape index (κ3) is 2.42. The number of imidazole rings is 1. The van der Waals surface area contributed by atoms with Crippen LogP contribution >= 0.6 is 0 Å². The number of aromatic amines is 1. The van der Waals surface area contributed by atoms with Gasteiger partial charge in [0, 0.05) is 0 Å². The van der Waals surface area contributed by atoms with Crippen LogP contribution < -0.4 is 5.73 Å². The summed E-state index contributed by atoms with van der Waals surface area (Å²) < 4.78 is 0. The summed E-state index contributed by atoms with van der Waals surface area (Å²) in [6, 6.07) is 6.45. The molecule has 1 unspecified atom stereocenters. The Morgan fingerprint density at radius 2 is 2.25 bits per heavy atom. The molecule has 0 radical (unpaired) electrons. The van der Waals surface area contributed by atoms with Crippen LogP contribution in [0.4, 0.5) is 0 Å². The first kappa shape index (κ1) is 11.1. The number of fused-ring (bicyclic) bond motifs is 1. The van der Waals surface area contributed by atoms with Crippen molar-refractivity contribution in [3.63, 3.8) is 0 Å². The molecule has 0 aliphatic carbocycles. The van der Waals surface area contributed by atoms with E-state index in [1.165, 1.54) is 5.56 Å². The van der Waals surface area contributed by atoms with E-state index >= 15 is 0 Å². The highest BCUT2D eigenvalue weighted by Gasteiger charge is 2.05. The predicted molar refractivity (Wildman–Crippen MR) is 67.4 cm³/mol. The van der Waals surface area contributed by atoms with Crippen LogP contribution in [-0.2, 0) is 6.42 Å². The smallest absolute Gasteiger partial charge is 0.104 e. The molecule has 0 saturated heterocycles. The Morgan fingerprint density at radius 3 is 3.00 bits per heavy atom. The number of nitrogens with zero attached hydrogens (tertiary/aromatic N) is 1. The number of nitrogens with two attached hydrogens (primary N) is 1. The number of rotatable bonds is 4. The third-order valence-corrected chi connectivity index (χ3v) is 2.91. The summed E-state index contributed by atoms with van der Waals surface area (Å²) in [5.41, 5.74) is 9.10. The first-order valence-corrected chi connectivity index (χ1v) is 5.84. The third-order valence-electron chi connectivity index (χ3n) is 2.91. The first-order chi connectivity index (χ1) is 7.69. The van der Waals surface area contributed by atoms with Crippen LogP contribution in [0, 0.1) is 12.8 Å². The van der Waals surface area contributed by atoms with E-state index in [2.05, 4.69) is 35.1 Å². The van der Waals surface area contributed by atoms with Crippen molar-refractivity contribution in [2.45, 2.75) is 26.7 Å². The molecule has 0 spiro atoms. The number of aromatic nitrogens is 2. The lowest BCUT2D eigenvalue weighted by Crippen LogP contribution is -2.07. The predicted octanol–water partition coefficient (Wildman–Crippen LogP) is 2.40. The van der Waals surface area contributed by atoms with Crippen LogP contribution in [-0.4, -0.2) is 16.5 Å². The van der Waals surface area contributed by atoms with E-state index in [0.29, 0.717) is 5.92 Å². The minimum Gasteiger partial charge on any atom is -0.342 e. The largest absolute Gasteiger partial charge is 0.342 e. The van der Waals surface area contributed by atoms with Crippen molar-refractivity contribution in [2.24, 2.45) is 11.7 Å². The number of hydrogen-bond donors (Lipinski definition) is 2. The van der Waals surface area contributed by atoms with Crippen molar-refractivity contribution < 1.29 is 0 Å². The molecule has 86 valence electrons. The molecule has 3 N–H and O–H groups in total. The molecule has 1 aromatic heterocycles. The van der Waals surface area contributed by atoms with Gasteiger partial charge in [-0.05, 0) is 49.9 Å². The summed E-state index contributed by atoms with van der Waals surface area (Å²) in [5, 5.41) is 0. The Hall–Kier alpha value is -1.35. The van der Waals surface area contributed by atoms with E-state index in [4.69, 9.17) is 5.73 Å². The minimum absolute atomic E-state index is 0.645. The molecule has 0 aliphatic heterocycles. The van der Waals surface area contributed by atoms with Crippen LogP contribution in [0.5, 0.6) is 0 Å². The highest BCUT2D eigenvalue weighted by atomic mass is 14.9. The van der Waals surface area contributed by atoms with E-state index < -0.39 is 0 Å². The van der Waals surface area contributed by atoms with Crippen molar-refractivity contribution in [3.8, 4) is 0 Å². The highest BCUT2D eigenvalue weighted by molar-refractivity contribution is 5.75. The van der Waals surface area contributed by atoms with Gasteiger partial charge in [0.15, 0.2) is 0 Å². The fourth-order valence-corrected chi connectivity index (χ4v) is 2.10. The molecule has 0 bridgehead atoms. The monoisotopic (exact) mass is 217 g/mol. The fourth-order valence-electron chi connectivity index (χ4n) is 2.10. The van der Waals surface area contributed by atoms with Gasteiger partial charge in [0.05, 0.1) is 11.0 Å². The van der Waals surface area contributed by atoms with Gasteiger partial charge >= 0.3 is 0 Å². The lowest BCUT2D eigenvalue weighted by Gasteiger charge is -2.09. The summed E-state index contributed by atoms with van der Waals surface area (Å²) in [6.07, 6.45) is 2.17. The zero-order valence-electron chi connectivity index (χ0n) is 9.96. The number of benzene rings is 1. The molecule has 1 atom stereocenters. The Kier molecular flexibility index (Phi) is 3.25. The quantitative estimate of drug-likeness (QED) is 0.826. The van der Waals surface area contributed by atoms with Crippen LogP contribution in [0.3, 0.4) is 0 Å². The summed E-state index contributed by atoms with van der Waals surface area (Å²) in [6.45, 7) is 5.00. The number of aryl methyl sites for hydroxylation is 1. The van der Waals surface area contributed by atoms with Gasteiger partial charge in [-0.1, -0.05) is 13.0 Å². The zero-order chi connectivity index (χ0) is 11.5. The molecular weight excluding hydrogens is 198 g/mol. The molecule has 3 nitrogen and oxygen atoms in total. The summed E-state index contributed by atoms with van der Waals surface area (Å²) in [5.74, 6) is 1.62. The Morgan fingerprint density at radius 1 is 1.44 bits per heavy atom. The normalized spacial score (nSPS) is 13.2. The molecule has 0 fully saturated rings. The van der Waals surface area contributed by atoms with Gasteiger partial charge in [-0.25, -0.2) is 4.98 Å². The molecule has 1 aromatic carbocycles. The molecule has 16 heavy (non-hydrogen) atoms. The van der Waals surface area contributed by atoms with Gasteiger partial charge in [-0.2, -0.15) is 0 Å². The molecule has 2 aromatic rings. The van der Waals surface area contributed by atoms with Crippen LogP contribution in [0.2, 0.25) is 0 Å². The van der Waals surface area contributed by atoms with Gasteiger partial charge in [-0.15, -0.1) is 0 Å². The summed E-state index contributed by atoms with van der Waals surface area (Å²) in [4.78, 5) is 7.66. The summed E-state index contributed by atoms with van der Waals surface area (Å²) in [7, 11) is 0. The maximum Gasteiger partial charge on any atom is 0.104 e. The second kappa shape index (κ2) is 4.66. The topological polar surface area (TPSA) is 54.7 Å². The number of nitrogens with one attached hydrogen (secondary N) is 1. The van der Waals surface area contributed by atoms with Gasteiger partial charge in [0.1, 0.15) is 5.82 Å². The van der Waals surface area contributed by atoms with E-state index in [0.717, 1.165) is 36.2 Å². The standard InChI is InChI=1S/C13H19N3/c1-9(5-6-14)7-11-3-4-12-13(8-11)16-10(2)15-12/h3-4,8-9H,5-7,14H2,1-2H3,(H,15,16). The lowest BCUT2D eigenvalue weighted by atomic mass is 9.98. The first-order valence-electron chi connectivity index (χ1n) is 5.84. The maximum atomic E-state index is 5.56. The molecule has 0 saturated carbocycles. The van der Waals surface area contributed by atoms with Crippen LogP contribution in [0.15, 0.2) is 18.2 Å². The SMILES string of the molecule is Cc1nc2ccc(CC(C)CCN)cc2[nH]1. The van der Waals surface area contributed by atoms with Crippen molar-refractivity contribution in [2.75, 3.05) is 6.54 Å². The van der Waals surface area contributed by atoms with Gasteiger partial charge in [0.25, 0.3) is 0 Å². The van der Waals surface area contributed by atoms with Gasteiger partial charge in [0.2, 0.25) is 0 Å². The number of hydrogen-bond acceptors (Lipinski definition) is 2. The lowest BCUT2D eigenvalue weighted by molar-refractivity contribution is 0.539. The van der Waals surface area contributed by atoms with Crippen molar-refractivity contribution in [1.29, 1.82) is 0 Å². The van der Waals surface area contributed by atoms with Crippen LogP contribution in [0.1, 0.15) is 24.7 Å². The summed E-state index contributed by atoms with van der Waals surface area (Å²) >= 11 is 0. The Balaban J connectivity index is 2.18. The molecular formula is C13H19N3. The van der Waals surface area contributed by atoms with Crippen molar-refractivity contribution in [1.82, 2.24) is 9.97 Å². The Labute approximate surface area is 96.1 Å². The molecule has 0 amide bonds. The Bertz CT molecular complexity index is 473. The second-order valence-electron chi connectivity index (χ2n) is 4.56. The van der Waals surface area contributed by atoms with E-state index in [9.17, 15) is 0 Å². The average molecular weight is 217 g/mol. The number of H-pyrrole nitrogens is 1. The van der Waals surface area contributed by atoms with Gasteiger partial charge in [-0.3, -0.25) is 0 Å². The minimum atomic E-state index is 0.645. The molecule has 3 heteroatoms. The fraction of sp³-hybridized carbons (Fsp3) is 0.462. The molecule has 0 aliphatic rings. The average Bonchev–Trinajstić information content (AvgIpc) is 2.57. The zero-order valence-corrected chi connectivity index (χ0v) is 9.96. The van der Waals surface area contributed by atoms with Crippen molar-refractivity contribution in [3.05, 3.63) is 29.6 Å². The maximum absolute atomic E-state index is 5.56. The highest BCUT2D eigenvalue weighted by Crippen LogP contribution is 2.17. The van der Waals surface area contributed by atoms with E-state index in [1.807, 2.05) is 6.92 Å². The molecule has 2 rings (SSSR count).